The van der Waals surface area contributed by atoms with E-state index in [1.165, 1.54) is 6.92 Å². The Morgan fingerprint density at radius 3 is 2.53 bits per heavy atom. The van der Waals surface area contributed by atoms with E-state index in [0.29, 0.717) is 47.0 Å². The van der Waals surface area contributed by atoms with Crippen molar-refractivity contribution in [2.45, 2.75) is 39.8 Å². The van der Waals surface area contributed by atoms with E-state index in [1.54, 1.807) is 23.9 Å². The fraction of sp³-hybridized carbons (Fsp3) is 0.364. The normalized spacial score (nSPS) is 14.0. The summed E-state index contributed by atoms with van der Waals surface area (Å²) in [5, 5.41) is 4.97. The van der Waals surface area contributed by atoms with Crippen molar-refractivity contribution in [3.8, 4) is 22.8 Å². The number of aromatic nitrogens is 3. The summed E-state index contributed by atoms with van der Waals surface area (Å²) in [6.07, 6.45) is 0.768. The highest BCUT2D eigenvalue weighted by molar-refractivity contribution is 6.04. The Balaban J connectivity index is 1.85. The van der Waals surface area contributed by atoms with Gasteiger partial charge in [-0.1, -0.05) is 0 Å². The van der Waals surface area contributed by atoms with Gasteiger partial charge in [-0.3, -0.25) is 4.79 Å². The number of rotatable bonds is 5. The Labute approximate surface area is 173 Å². The highest BCUT2D eigenvalue weighted by atomic mass is 16.6. The first kappa shape index (κ1) is 19.9. The first-order chi connectivity index (χ1) is 14.3. The molecule has 0 saturated carbocycles. The van der Waals surface area contributed by atoms with Crippen LogP contribution in [0.1, 0.15) is 44.1 Å². The van der Waals surface area contributed by atoms with Crippen LogP contribution in [0.4, 0.5) is 0 Å². The number of pyridine rings is 1. The second-order valence-corrected chi connectivity index (χ2v) is 7.49. The molecule has 8 heteroatoms. The van der Waals surface area contributed by atoms with Gasteiger partial charge in [0.25, 0.3) is 0 Å². The van der Waals surface area contributed by atoms with Gasteiger partial charge < -0.3 is 14.2 Å². The van der Waals surface area contributed by atoms with Crippen LogP contribution in [0.25, 0.3) is 22.3 Å². The van der Waals surface area contributed by atoms with Gasteiger partial charge in [-0.15, -0.1) is 0 Å². The standard InChI is InChI=1S/C22H23N3O5/c1-12(2)25-21-17(11-23-25)16(22(27)30-14(4)13(3)26)10-18(24-21)15-5-6-19-20(9-15)29-8-7-28-19/h5-6,9-12,14H,7-8H2,1-4H3. The molecule has 0 radical (unpaired) electrons. The first-order valence-electron chi connectivity index (χ1n) is 9.85. The monoisotopic (exact) mass is 409 g/mol. The Morgan fingerprint density at radius 1 is 1.10 bits per heavy atom. The Hall–Kier alpha value is -3.42. The molecule has 0 saturated heterocycles. The highest BCUT2D eigenvalue weighted by Crippen LogP contribution is 2.35. The average Bonchev–Trinajstić information content (AvgIpc) is 3.16. The predicted octanol–water partition coefficient (Wildman–Crippen LogP) is 3.58. The van der Waals surface area contributed by atoms with E-state index >= 15 is 0 Å². The number of carbonyl (C=O) groups is 2. The largest absolute Gasteiger partial charge is 0.486 e. The van der Waals surface area contributed by atoms with Gasteiger partial charge in [-0.05, 0) is 52.0 Å². The second-order valence-electron chi connectivity index (χ2n) is 7.49. The summed E-state index contributed by atoms with van der Waals surface area (Å²) in [4.78, 5) is 29.2. The third-order valence-electron chi connectivity index (χ3n) is 4.97. The molecule has 1 aromatic carbocycles. The molecule has 0 aliphatic carbocycles. The molecule has 0 N–H and O–H groups in total. The number of carbonyl (C=O) groups excluding carboxylic acids is 2. The molecule has 4 rings (SSSR count). The number of hydrogen-bond donors (Lipinski definition) is 0. The summed E-state index contributed by atoms with van der Waals surface area (Å²) in [5.74, 6) is 0.492. The summed E-state index contributed by atoms with van der Waals surface area (Å²) in [7, 11) is 0. The van der Waals surface area contributed by atoms with E-state index in [4.69, 9.17) is 19.2 Å². The second kappa shape index (κ2) is 7.78. The van der Waals surface area contributed by atoms with Gasteiger partial charge in [0.15, 0.2) is 29.0 Å². The molecule has 0 amide bonds. The molecule has 3 aromatic rings. The van der Waals surface area contributed by atoms with Crippen LogP contribution in [0.2, 0.25) is 0 Å². The van der Waals surface area contributed by atoms with Gasteiger partial charge in [0, 0.05) is 11.6 Å². The van der Waals surface area contributed by atoms with E-state index < -0.39 is 12.1 Å². The lowest BCUT2D eigenvalue weighted by Gasteiger charge is -2.19. The molecular formula is C22H23N3O5. The molecule has 1 aliphatic rings. The van der Waals surface area contributed by atoms with Crippen molar-refractivity contribution < 1.29 is 23.8 Å². The van der Waals surface area contributed by atoms with Crippen LogP contribution in [0.3, 0.4) is 0 Å². The molecule has 0 fully saturated rings. The zero-order chi connectivity index (χ0) is 21.4. The lowest BCUT2D eigenvalue weighted by Crippen LogP contribution is -2.22. The number of benzene rings is 1. The molecule has 1 atom stereocenters. The number of esters is 1. The molecule has 30 heavy (non-hydrogen) atoms. The minimum atomic E-state index is -0.835. The Kier molecular flexibility index (Phi) is 5.15. The van der Waals surface area contributed by atoms with Gasteiger partial charge in [-0.25, -0.2) is 14.5 Å². The fourth-order valence-corrected chi connectivity index (χ4v) is 3.22. The SMILES string of the molecule is CC(=O)C(C)OC(=O)c1cc(-c2ccc3c(c2)OCCO3)nc2c1cnn2C(C)C. The van der Waals surface area contributed by atoms with E-state index in [2.05, 4.69) is 5.10 Å². The molecule has 156 valence electrons. The van der Waals surface area contributed by atoms with Crippen LogP contribution in [0.15, 0.2) is 30.5 Å². The molecule has 1 unspecified atom stereocenters. The van der Waals surface area contributed by atoms with Crippen LogP contribution in [-0.4, -0.2) is 45.8 Å². The van der Waals surface area contributed by atoms with Crippen molar-refractivity contribution in [3.05, 3.63) is 36.0 Å². The lowest BCUT2D eigenvalue weighted by atomic mass is 10.1. The zero-order valence-corrected chi connectivity index (χ0v) is 17.3. The van der Waals surface area contributed by atoms with Crippen molar-refractivity contribution in [2.75, 3.05) is 13.2 Å². The van der Waals surface area contributed by atoms with Gasteiger partial charge >= 0.3 is 5.97 Å². The number of ether oxygens (including phenoxy) is 3. The predicted molar refractivity (Wildman–Crippen MR) is 110 cm³/mol. The third kappa shape index (κ3) is 3.60. The fourth-order valence-electron chi connectivity index (χ4n) is 3.22. The summed E-state index contributed by atoms with van der Waals surface area (Å²) in [6.45, 7) is 7.90. The topological polar surface area (TPSA) is 92.5 Å². The number of nitrogens with zero attached hydrogens (tertiary/aromatic N) is 3. The van der Waals surface area contributed by atoms with Crippen molar-refractivity contribution >= 4 is 22.8 Å². The molecular weight excluding hydrogens is 386 g/mol. The Morgan fingerprint density at radius 2 is 1.83 bits per heavy atom. The van der Waals surface area contributed by atoms with Crippen LogP contribution < -0.4 is 9.47 Å². The molecule has 3 heterocycles. The number of ketones is 1. The van der Waals surface area contributed by atoms with Gasteiger partial charge in [-0.2, -0.15) is 5.10 Å². The van der Waals surface area contributed by atoms with Gasteiger partial charge in [0.05, 0.1) is 22.8 Å². The molecule has 1 aliphatic heterocycles. The summed E-state index contributed by atoms with van der Waals surface area (Å²) >= 11 is 0. The first-order valence-corrected chi connectivity index (χ1v) is 9.85. The maximum absolute atomic E-state index is 12.9. The summed E-state index contributed by atoms with van der Waals surface area (Å²) in [5.41, 5.74) is 2.22. The van der Waals surface area contributed by atoms with Crippen LogP contribution in [0.5, 0.6) is 11.5 Å². The summed E-state index contributed by atoms with van der Waals surface area (Å²) < 4.78 is 18.4. The minimum absolute atomic E-state index is 0.0468. The molecule has 0 bridgehead atoms. The van der Waals surface area contributed by atoms with Crippen molar-refractivity contribution in [2.24, 2.45) is 0 Å². The molecule has 8 nitrogen and oxygen atoms in total. The van der Waals surface area contributed by atoms with Crippen molar-refractivity contribution in [1.82, 2.24) is 14.8 Å². The maximum Gasteiger partial charge on any atom is 0.339 e. The van der Waals surface area contributed by atoms with E-state index in [0.717, 1.165) is 5.56 Å². The Bertz CT molecular complexity index is 1140. The number of fused-ring (bicyclic) bond motifs is 2. The maximum atomic E-state index is 12.9. The number of Topliss-reactive ketones (excluding diaryl/α,β-unsaturated/α-hetero) is 1. The minimum Gasteiger partial charge on any atom is -0.486 e. The lowest BCUT2D eigenvalue weighted by molar-refractivity contribution is -0.124. The van der Waals surface area contributed by atoms with E-state index in [-0.39, 0.29) is 11.8 Å². The van der Waals surface area contributed by atoms with Crippen LogP contribution in [-0.2, 0) is 9.53 Å². The third-order valence-corrected chi connectivity index (χ3v) is 4.97. The van der Waals surface area contributed by atoms with E-state index in [1.807, 2.05) is 32.0 Å². The summed E-state index contributed by atoms with van der Waals surface area (Å²) in [6, 6.07) is 7.24. The van der Waals surface area contributed by atoms with Crippen molar-refractivity contribution in [1.29, 1.82) is 0 Å². The highest BCUT2D eigenvalue weighted by Gasteiger charge is 2.23. The van der Waals surface area contributed by atoms with Gasteiger partial charge in [0.2, 0.25) is 0 Å². The zero-order valence-electron chi connectivity index (χ0n) is 17.3. The quantitative estimate of drug-likeness (QED) is 0.595. The van der Waals surface area contributed by atoms with E-state index in [9.17, 15) is 9.59 Å². The van der Waals surface area contributed by atoms with Gasteiger partial charge in [0.1, 0.15) is 13.2 Å². The van der Waals surface area contributed by atoms with Crippen LogP contribution in [0, 0.1) is 0 Å². The molecule has 2 aromatic heterocycles. The average molecular weight is 409 g/mol. The van der Waals surface area contributed by atoms with Crippen LogP contribution >= 0.6 is 0 Å². The molecule has 0 spiro atoms. The number of hydrogen-bond acceptors (Lipinski definition) is 7. The smallest absolute Gasteiger partial charge is 0.339 e. The van der Waals surface area contributed by atoms with Crippen molar-refractivity contribution in [3.63, 3.8) is 0 Å².